The number of carbonyl (C=O) groups is 2. The molecule has 1 saturated heterocycles. The van der Waals surface area contributed by atoms with Crippen LogP contribution in [0.4, 0.5) is 0 Å². The van der Waals surface area contributed by atoms with E-state index < -0.39 is 12.0 Å². The molecule has 0 radical (unpaired) electrons. The summed E-state index contributed by atoms with van der Waals surface area (Å²) in [6, 6.07) is -0.527. The Hall–Kier alpha value is -1.10. The number of rotatable bonds is 1. The highest BCUT2D eigenvalue weighted by molar-refractivity contribution is 5.86. The van der Waals surface area contributed by atoms with Crippen molar-refractivity contribution in [2.24, 2.45) is 0 Å². The first kappa shape index (κ1) is 8.00. The van der Waals surface area contributed by atoms with Crippen LogP contribution in [0.1, 0.15) is 0 Å². The Balaban J connectivity index is 2.45. The minimum absolute atomic E-state index is 0.174. The number of carbonyl (C=O) groups excluding carboxylic acids is 2. The molecular weight excluding hydrogens is 148 g/mol. The molecule has 5 heteroatoms. The zero-order valence-corrected chi connectivity index (χ0v) is 6.22. The maximum Gasteiger partial charge on any atom is 0.329 e. The molecule has 0 unspecified atom stereocenters. The number of piperazine rings is 1. The summed E-state index contributed by atoms with van der Waals surface area (Å²) in [5.74, 6) is -0.586. The summed E-state index contributed by atoms with van der Waals surface area (Å²) in [5, 5.41) is 5.28. The molecule has 0 aromatic rings. The summed E-state index contributed by atoms with van der Waals surface area (Å²) in [6.45, 7) is 0.714. The zero-order chi connectivity index (χ0) is 8.27. The van der Waals surface area contributed by atoms with Crippen LogP contribution in [0, 0.1) is 0 Å². The first-order valence-corrected chi connectivity index (χ1v) is 3.32. The van der Waals surface area contributed by atoms with Crippen molar-refractivity contribution in [1.29, 1.82) is 0 Å². The lowest BCUT2D eigenvalue weighted by Gasteiger charge is -2.21. The Bertz CT molecular complexity index is 181. The van der Waals surface area contributed by atoms with Gasteiger partial charge in [0.05, 0.1) is 13.7 Å². The fourth-order valence-corrected chi connectivity index (χ4v) is 0.911. The molecule has 2 N–H and O–H groups in total. The van der Waals surface area contributed by atoms with Crippen LogP contribution in [0.2, 0.25) is 0 Å². The van der Waals surface area contributed by atoms with Gasteiger partial charge in [0.15, 0.2) is 0 Å². The van der Waals surface area contributed by atoms with Crippen LogP contribution >= 0.6 is 0 Å². The fourth-order valence-electron chi connectivity index (χ4n) is 0.911. The molecule has 1 rings (SSSR count). The minimum atomic E-state index is -0.527. The van der Waals surface area contributed by atoms with Crippen molar-refractivity contribution in [3.8, 4) is 0 Å². The van der Waals surface area contributed by atoms with E-state index >= 15 is 0 Å². The van der Waals surface area contributed by atoms with E-state index in [1.54, 1.807) is 0 Å². The van der Waals surface area contributed by atoms with Crippen LogP contribution in [0.15, 0.2) is 0 Å². The molecule has 0 aromatic carbocycles. The molecule has 1 aliphatic rings. The smallest absolute Gasteiger partial charge is 0.329 e. The van der Waals surface area contributed by atoms with E-state index in [0.717, 1.165) is 0 Å². The van der Waals surface area contributed by atoms with Crippen LogP contribution < -0.4 is 10.6 Å². The summed E-state index contributed by atoms with van der Waals surface area (Å²) < 4.78 is 4.44. The number of hydrogen-bond donors (Lipinski definition) is 2. The van der Waals surface area contributed by atoms with E-state index in [1.807, 2.05) is 0 Å². The maximum absolute atomic E-state index is 10.8. The summed E-state index contributed by atoms with van der Waals surface area (Å²) >= 11 is 0. The fraction of sp³-hybridized carbons (Fsp3) is 0.667. The Morgan fingerprint density at radius 3 is 3.00 bits per heavy atom. The van der Waals surface area contributed by atoms with Crippen molar-refractivity contribution >= 4 is 11.9 Å². The second kappa shape index (κ2) is 3.34. The number of ether oxygens (including phenoxy) is 1. The molecule has 1 aliphatic heterocycles. The molecule has 1 amide bonds. The third-order valence-electron chi connectivity index (χ3n) is 1.45. The topological polar surface area (TPSA) is 67.4 Å². The molecule has 0 bridgehead atoms. The van der Waals surface area contributed by atoms with Crippen molar-refractivity contribution in [1.82, 2.24) is 10.6 Å². The number of methoxy groups -OCH3 is 1. The van der Waals surface area contributed by atoms with Crippen molar-refractivity contribution in [3.63, 3.8) is 0 Å². The van der Waals surface area contributed by atoms with Gasteiger partial charge in [-0.25, -0.2) is 4.79 Å². The van der Waals surface area contributed by atoms with Gasteiger partial charge < -0.3 is 15.4 Å². The molecular formula is C6H10N2O3. The lowest BCUT2D eigenvalue weighted by atomic mass is 10.2. The van der Waals surface area contributed by atoms with Gasteiger partial charge in [0.2, 0.25) is 5.91 Å². The van der Waals surface area contributed by atoms with E-state index in [9.17, 15) is 9.59 Å². The highest BCUT2D eigenvalue weighted by atomic mass is 16.5. The summed E-state index contributed by atoms with van der Waals surface area (Å²) in [7, 11) is 1.29. The van der Waals surface area contributed by atoms with Crippen molar-refractivity contribution in [2.75, 3.05) is 20.2 Å². The number of nitrogens with one attached hydrogen (secondary N) is 2. The normalized spacial score (nSPS) is 24.1. The zero-order valence-electron chi connectivity index (χ0n) is 6.22. The van der Waals surface area contributed by atoms with E-state index in [1.165, 1.54) is 7.11 Å². The second-order valence-corrected chi connectivity index (χ2v) is 2.27. The van der Waals surface area contributed by atoms with E-state index in [4.69, 9.17) is 0 Å². The third-order valence-corrected chi connectivity index (χ3v) is 1.45. The van der Waals surface area contributed by atoms with Crippen LogP contribution in [0.25, 0.3) is 0 Å². The second-order valence-electron chi connectivity index (χ2n) is 2.27. The minimum Gasteiger partial charge on any atom is -0.467 e. The Labute approximate surface area is 64.1 Å². The lowest BCUT2D eigenvalue weighted by molar-refractivity contribution is -0.145. The van der Waals surface area contributed by atoms with Crippen molar-refractivity contribution in [3.05, 3.63) is 0 Å². The molecule has 1 atom stereocenters. The quantitative estimate of drug-likeness (QED) is 0.444. The van der Waals surface area contributed by atoms with E-state index in [2.05, 4.69) is 15.4 Å². The average Bonchev–Trinajstić information content (AvgIpc) is 2.03. The molecule has 5 nitrogen and oxygen atoms in total. The van der Waals surface area contributed by atoms with E-state index in [0.29, 0.717) is 6.54 Å². The molecule has 0 saturated carbocycles. The predicted octanol–water partition coefficient (Wildman–Crippen LogP) is -1.75. The van der Waals surface area contributed by atoms with Crippen molar-refractivity contribution in [2.45, 2.75) is 6.04 Å². The van der Waals surface area contributed by atoms with Crippen LogP contribution in [0.3, 0.4) is 0 Å². The van der Waals surface area contributed by atoms with Crippen LogP contribution in [0.5, 0.6) is 0 Å². The third kappa shape index (κ3) is 1.91. The monoisotopic (exact) mass is 158 g/mol. The molecule has 11 heavy (non-hydrogen) atoms. The predicted molar refractivity (Wildman–Crippen MR) is 36.8 cm³/mol. The lowest BCUT2D eigenvalue weighted by Crippen LogP contribution is -2.55. The molecule has 0 spiro atoms. The molecule has 62 valence electrons. The van der Waals surface area contributed by atoms with Gasteiger partial charge in [-0.2, -0.15) is 0 Å². The number of esters is 1. The standard InChI is InChI=1S/C6H10N2O3/c1-11-6(10)4-2-7-3-5(9)8-4/h4,7H,2-3H2,1H3,(H,8,9)/t4-/m0/s1. The van der Waals surface area contributed by atoms with Gasteiger partial charge in [-0.3, -0.25) is 4.79 Å². The molecule has 1 fully saturated rings. The summed E-state index contributed by atoms with van der Waals surface area (Å²) in [5.41, 5.74) is 0. The SMILES string of the molecule is COC(=O)[C@@H]1CNCC(=O)N1. The number of amides is 1. The van der Waals surface area contributed by atoms with Crippen LogP contribution in [-0.2, 0) is 14.3 Å². The van der Waals surface area contributed by atoms with E-state index in [-0.39, 0.29) is 12.5 Å². The Morgan fingerprint density at radius 2 is 2.45 bits per heavy atom. The Kier molecular flexibility index (Phi) is 2.43. The van der Waals surface area contributed by atoms with Crippen LogP contribution in [-0.4, -0.2) is 38.1 Å². The van der Waals surface area contributed by atoms with Crippen molar-refractivity contribution < 1.29 is 14.3 Å². The molecule has 0 aromatic heterocycles. The number of hydrogen-bond acceptors (Lipinski definition) is 4. The van der Waals surface area contributed by atoms with Gasteiger partial charge >= 0.3 is 5.97 Å². The first-order chi connectivity index (χ1) is 5.24. The van der Waals surface area contributed by atoms with Gasteiger partial charge in [0, 0.05) is 6.54 Å². The van der Waals surface area contributed by atoms with Gasteiger partial charge in [0.25, 0.3) is 0 Å². The highest BCUT2D eigenvalue weighted by Gasteiger charge is 2.24. The largest absolute Gasteiger partial charge is 0.467 e. The van der Waals surface area contributed by atoms with Gasteiger partial charge in [-0.1, -0.05) is 0 Å². The maximum atomic E-state index is 10.8. The molecule has 1 heterocycles. The van der Waals surface area contributed by atoms with Gasteiger partial charge in [-0.15, -0.1) is 0 Å². The average molecular weight is 158 g/mol. The van der Waals surface area contributed by atoms with Gasteiger partial charge in [0.1, 0.15) is 6.04 Å². The summed E-state index contributed by atoms with van der Waals surface area (Å²) in [4.78, 5) is 21.5. The summed E-state index contributed by atoms with van der Waals surface area (Å²) in [6.07, 6.45) is 0. The first-order valence-electron chi connectivity index (χ1n) is 3.32. The Morgan fingerprint density at radius 1 is 1.73 bits per heavy atom. The van der Waals surface area contributed by atoms with Gasteiger partial charge in [-0.05, 0) is 0 Å². The molecule has 0 aliphatic carbocycles. The highest BCUT2D eigenvalue weighted by Crippen LogP contribution is 1.90.